The lowest BCUT2D eigenvalue weighted by Crippen LogP contribution is -3.15. The number of anilines is 1. The lowest BCUT2D eigenvalue weighted by molar-refractivity contribution is -0.892. The van der Waals surface area contributed by atoms with E-state index < -0.39 is 0 Å². The molecule has 5 heteroatoms. The van der Waals surface area contributed by atoms with Crippen molar-refractivity contribution in [1.82, 2.24) is 4.57 Å². The van der Waals surface area contributed by atoms with Crippen LogP contribution in [0.1, 0.15) is 16.1 Å². The summed E-state index contributed by atoms with van der Waals surface area (Å²) in [5.74, 6) is 1.07. The first-order valence-electron chi connectivity index (χ1n) is 9.91. The first-order valence-corrected chi connectivity index (χ1v) is 9.91. The number of nitrogens with zero attached hydrogens (tertiary/aromatic N) is 2. The highest BCUT2D eigenvalue weighted by Gasteiger charge is 2.25. The van der Waals surface area contributed by atoms with Gasteiger partial charge in [-0.15, -0.1) is 0 Å². The number of hydrogen-bond acceptors (Lipinski definition) is 3. The standard InChI is InChI=1S/C23H27N3O2/c1-17-18(2)26(22-10-5-4-9-21(17)22)23(27)16-24-11-13-25(14-12-24)19-7-6-8-20(15-19)28-3/h4-10,15H,11-14,16H2,1-3H3/p+1. The second-order valence-electron chi connectivity index (χ2n) is 7.57. The fourth-order valence-electron chi connectivity index (χ4n) is 4.21. The minimum Gasteiger partial charge on any atom is -0.497 e. The van der Waals surface area contributed by atoms with E-state index in [9.17, 15) is 4.79 Å². The number of nitrogens with one attached hydrogen (secondary N) is 1. The Morgan fingerprint density at radius 1 is 1.07 bits per heavy atom. The van der Waals surface area contributed by atoms with E-state index >= 15 is 0 Å². The number of para-hydroxylation sites is 1. The third-order valence-electron chi connectivity index (χ3n) is 5.97. The predicted molar refractivity (Wildman–Crippen MR) is 113 cm³/mol. The van der Waals surface area contributed by atoms with E-state index in [0.717, 1.165) is 43.1 Å². The van der Waals surface area contributed by atoms with E-state index in [1.807, 2.05) is 41.8 Å². The Morgan fingerprint density at radius 3 is 2.57 bits per heavy atom. The number of carbonyl (C=O) groups excluding carboxylic acids is 1. The first-order chi connectivity index (χ1) is 13.6. The van der Waals surface area contributed by atoms with Crippen LogP contribution in [0.4, 0.5) is 5.69 Å². The number of hydrogen-bond donors (Lipinski definition) is 1. The van der Waals surface area contributed by atoms with Crippen LogP contribution >= 0.6 is 0 Å². The van der Waals surface area contributed by atoms with Crippen LogP contribution in [-0.4, -0.2) is 50.3 Å². The summed E-state index contributed by atoms with van der Waals surface area (Å²) in [6.07, 6.45) is 0. The SMILES string of the molecule is COc1cccc(N2CC[NH+](CC(=O)n3c(C)c(C)c4ccccc43)CC2)c1. The van der Waals surface area contributed by atoms with Crippen molar-refractivity contribution in [1.29, 1.82) is 0 Å². The van der Waals surface area contributed by atoms with Crippen LogP contribution < -0.4 is 14.5 Å². The molecule has 1 fully saturated rings. The van der Waals surface area contributed by atoms with Crippen LogP contribution in [0.3, 0.4) is 0 Å². The average Bonchev–Trinajstić information content (AvgIpc) is 2.99. The maximum absolute atomic E-state index is 13.1. The molecule has 1 saturated heterocycles. The molecule has 1 aliphatic rings. The number of ether oxygens (including phenoxy) is 1. The van der Waals surface area contributed by atoms with Gasteiger partial charge in [-0.3, -0.25) is 9.36 Å². The molecule has 0 spiro atoms. The first kappa shape index (κ1) is 18.6. The monoisotopic (exact) mass is 378 g/mol. The summed E-state index contributed by atoms with van der Waals surface area (Å²) in [6.45, 7) is 8.48. The van der Waals surface area contributed by atoms with Crippen molar-refractivity contribution < 1.29 is 14.4 Å². The smallest absolute Gasteiger partial charge is 0.286 e. The van der Waals surface area contributed by atoms with Gasteiger partial charge in [0.15, 0.2) is 6.54 Å². The van der Waals surface area contributed by atoms with Gasteiger partial charge in [-0.05, 0) is 37.6 Å². The van der Waals surface area contributed by atoms with Gasteiger partial charge < -0.3 is 14.5 Å². The van der Waals surface area contributed by atoms with Crippen LogP contribution in [0.15, 0.2) is 48.5 Å². The number of fused-ring (bicyclic) bond motifs is 1. The Balaban J connectivity index is 1.44. The zero-order chi connectivity index (χ0) is 19.7. The molecule has 0 amide bonds. The van der Waals surface area contributed by atoms with E-state index in [1.165, 1.54) is 21.5 Å². The fourth-order valence-corrected chi connectivity index (χ4v) is 4.21. The molecule has 0 atom stereocenters. The van der Waals surface area contributed by atoms with Crippen molar-refractivity contribution in [3.05, 3.63) is 59.8 Å². The van der Waals surface area contributed by atoms with E-state index in [4.69, 9.17) is 4.74 Å². The second-order valence-corrected chi connectivity index (χ2v) is 7.57. The highest BCUT2D eigenvalue weighted by atomic mass is 16.5. The summed E-state index contributed by atoms with van der Waals surface area (Å²) in [5.41, 5.74) is 4.46. The Labute approximate surface area is 166 Å². The van der Waals surface area contributed by atoms with Crippen LogP contribution in [0, 0.1) is 13.8 Å². The van der Waals surface area contributed by atoms with Gasteiger partial charge in [0.25, 0.3) is 5.91 Å². The van der Waals surface area contributed by atoms with Crippen molar-refractivity contribution in [3.63, 3.8) is 0 Å². The van der Waals surface area contributed by atoms with Crippen molar-refractivity contribution in [2.45, 2.75) is 13.8 Å². The summed E-state index contributed by atoms with van der Waals surface area (Å²) < 4.78 is 7.25. The number of piperazine rings is 1. The topological polar surface area (TPSA) is 38.9 Å². The molecule has 146 valence electrons. The van der Waals surface area contributed by atoms with Gasteiger partial charge in [0.1, 0.15) is 5.75 Å². The van der Waals surface area contributed by atoms with E-state index in [0.29, 0.717) is 6.54 Å². The van der Waals surface area contributed by atoms with Crippen LogP contribution in [0.5, 0.6) is 5.75 Å². The molecule has 0 bridgehead atoms. The third-order valence-corrected chi connectivity index (χ3v) is 5.97. The van der Waals surface area contributed by atoms with E-state index in [1.54, 1.807) is 7.11 Å². The van der Waals surface area contributed by atoms with Gasteiger partial charge in [0, 0.05) is 22.8 Å². The quantitative estimate of drug-likeness (QED) is 0.757. The van der Waals surface area contributed by atoms with Crippen LogP contribution in [-0.2, 0) is 0 Å². The molecule has 28 heavy (non-hydrogen) atoms. The number of benzene rings is 2. The largest absolute Gasteiger partial charge is 0.497 e. The molecule has 0 saturated carbocycles. The Kier molecular flexibility index (Phi) is 5.09. The molecular weight excluding hydrogens is 350 g/mol. The summed E-state index contributed by atoms with van der Waals surface area (Å²) in [4.78, 5) is 16.8. The van der Waals surface area contributed by atoms with Crippen molar-refractivity contribution >= 4 is 22.5 Å². The normalized spacial score (nSPS) is 15.2. The Bertz CT molecular complexity index is 1000. The molecule has 0 radical (unpaired) electrons. The van der Waals surface area contributed by atoms with Gasteiger partial charge in [0.05, 0.1) is 38.8 Å². The van der Waals surface area contributed by atoms with Crippen molar-refractivity contribution in [2.24, 2.45) is 0 Å². The molecule has 0 aliphatic carbocycles. The fraction of sp³-hybridized carbons (Fsp3) is 0.348. The maximum atomic E-state index is 13.1. The Morgan fingerprint density at radius 2 is 1.82 bits per heavy atom. The minimum atomic E-state index is 0.187. The molecular formula is C23H28N3O2+. The molecule has 1 N–H and O–H groups in total. The van der Waals surface area contributed by atoms with Gasteiger partial charge in [-0.25, -0.2) is 0 Å². The average molecular weight is 378 g/mol. The van der Waals surface area contributed by atoms with E-state index in [2.05, 4.69) is 30.0 Å². The maximum Gasteiger partial charge on any atom is 0.286 e. The number of carbonyl (C=O) groups is 1. The minimum absolute atomic E-state index is 0.187. The molecule has 2 heterocycles. The summed E-state index contributed by atoms with van der Waals surface area (Å²) in [5, 5.41) is 1.17. The Hall–Kier alpha value is -2.79. The lowest BCUT2D eigenvalue weighted by Gasteiger charge is -2.33. The predicted octanol–water partition coefficient (Wildman–Crippen LogP) is 2.31. The number of aryl methyl sites for hydroxylation is 1. The highest BCUT2D eigenvalue weighted by Crippen LogP contribution is 2.24. The van der Waals surface area contributed by atoms with Crippen molar-refractivity contribution in [2.75, 3.05) is 44.7 Å². The van der Waals surface area contributed by atoms with Crippen LogP contribution in [0.2, 0.25) is 0 Å². The third kappa shape index (κ3) is 3.38. The highest BCUT2D eigenvalue weighted by molar-refractivity contribution is 5.96. The van der Waals surface area contributed by atoms with Gasteiger partial charge in [-0.1, -0.05) is 24.3 Å². The zero-order valence-electron chi connectivity index (χ0n) is 16.9. The zero-order valence-corrected chi connectivity index (χ0v) is 16.9. The van der Waals surface area contributed by atoms with Gasteiger partial charge in [0.2, 0.25) is 0 Å². The summed E-state index contributed by atoms with van der Waals surface area (Å²) >= 11 is 0. The number of quaternary nitrogens is 1. The number of rotatable bonds is 4. The molecule has 1 aliphatic heterocycles. The summed E-state index contributed by atoms with van der Waals surface area (Å²) in [6, 6.07) is 16.4. The molecule has 0 unspecified atom stereocenters. The van der Waals surface area contributed by atoms with E-state index in [-0.39, 0.29) is 5.91 Å². The van der Waals surface area contributed by atoms with Gasteiger partial charge in [-0.2, -0.15) is 0 Å². The lowest BCUT2D eigenvalue weighted by atomic mass is 10.2. The molecule has 1 aromatic heterocycles. The van der Waals surface area contributed by atoms with Gasteiger partial charge >= 0.3 is 0 Å². The number of aromatic nitrogens is 1. The van der Waals surface area contributed by atoms with Crippen molar-refractivity contribution in [3.8, 4) is 5.75 Å². The molecule has 2 aromatic carbocycles. The number of methoxy groups -OCH3 is 1. The second kappa shape index (κ2) is 7.68. The summed E-state index contributed by atoms with van der Waals surface area (Å²) in [7, 11) is 1.70. The van der Waals surface area contributed by atoms with Crippen LogP contribution in [0.25, 0.3) is 10.9 Å². The molecule has 3 aromatic rings. The molecule has 4 rings (SSSR count). The molecule has 5 nitrogen and oxygen atoms in total.